The normalized spacial score (nSPS) is 11.4. The summed E-state index contributed by atoms with van der Waals surface area (Å²) in [6.45, 7) is 8.49. The summed E-state index contributed by atoms with van der Waals surface area (Å²) in [5.41, 5.74) is 3.07. The SMILES string of the molecule is Cc1ccc(C(C)(C)C)c(Oc2cc(CO)ccn2)c1. The van der Waals surface area contributed by atoms with E-state index in [1.165, 1.54) is 0 Å². The predicted molar refractivity (Wildman–Crippen MR) is 80.1 cm³/mol. The number of ether oxygens (including phenoxy) is 1. The van der Waals surface area contributed by atoms with Gasteiger partial charge in [0, 0.05) is 17.8 Å². The first-order valence-corrected chi connectivity index (χ1v) is 6.75. The number of aliphatic hydroxyl groups is 1. The van der Waals surface area contributed by atoms with E-state index in [4.69, 9.17) is 4.74 Å². The fraction of sp³-hybridized carbons (Fsp3) is 0.353. The van der Waals surface area contributed by atoms with Crippen molar-refractivity contribution in [2.45, 2.75) is 39.7 Å². The quantitative estimate of drug-likeness (QED) is 0.918. The van der Waals surface area contributed by atoms with E-state index in [-0.39, 0.29) is 12.0 Å². The van der Waals surface area contributed by atoms with E-state index < -0.39 is 0 Å². The number of hydrogen-bond acceptors (Lipinski definition) is 3. The van der Waals surface area contributed by atoms with Gasteiger partial charge in [-0.1, -0.05) is 32.9 Å². The molecule has 0 spiro atoms. The van der Waals surface area contributed by atoms with E-state index in [1.54, 1.807) is 18.3 Å². The van der Waals surface area contributed by atoms with E-state index in [1.807, 2.05) is 13.0 Å². The minimum Gasteiger partial charge on any atom is -0.439 e. The monoisotopic (exact) mass is 271 g/mol. The molecule has 0 bridgehead atoms. The highest BCUT2D eigenvalue weighted by Crippen LogP contribution is 2.34. The van der Waals surface area contributed by atoms with Gasteiger partial charge < -0.3 is 9.84 Å². The molecule has 0 aliphatic carbocycles. The topological polar surface area (TPSA) is 42.4 Å². The van der Waals surface area contributed by atoms with Gasteiger partial charge in [0.05, 0.1) is 6.61 Å². The molecule has 20 heavy (non-hydrogen) atoms. The van der Waals surface area contributed by atoms with E-state index >= 15 is 0 Å². The summed E-state index contributed by atoms with van der Waals surface area (Å²) in [6.07, 6.45) is 1.65. The standard InChI is InChI=1S/C17H21NO2/c1-12-5-6-14(17(2,3)4)15(9-12)20-16-10-13(11-19)7-8-18-16/h5-10,19H,11H2,1-4H3. The second-order valence-corrected chi connectivity index (χ2v) is 6.01. The molecule has 2 aromatic rings. The summed E-state index contributed by atoms with van der Waals surface area (Å²) in [4.78, 5) is 4.20. The fourth-order valence-electron chi connectivity index (χ4n) is 2.05. The van der Waals surface area contributed by atoms with Crippen molar-refractivity contribution in [3.8, 4) is 11.6 Å². The van der Waals surface area contributed by atoms with Gasteiger partial charge >= 0.3 is 0 Å². The van der Waals surface area contributed by atoms with Crippen molar-refractivity contribution >= 4 is 0 Å². The molecule has 0 atom stereocenters. The van der Waals surface area contributed by atoms with Gasteiger partial charge in [0.25, 0.3) is 0 Å². The molecular weight excluding hydrogens is 250 g/mol. The zero-order valence-electron chi connectivity index (χ0n) is 12.5. The first-order valence-electron chi connectivity index (χ1n) is 6.75. The molecule has 0 unspecified atom stereocenters. The van der Waals surface area contributed by atoms with Crippen molar-refractivity contribution in [1.82, 2.24) is 4.98 Å². The van der Waals surface area contributed by atoms with Gasteiger partial charge in [-0.15, -0.1) is 0 Å². The third-order valence-corrected chi connectivity index (χ3v) is 3.14. The fourth-order valence-corrected chi connectivity index (χ4v) is 2.05. The zero-order chi connectivity index (χ0) is 14.8. The Balaban J connectivity index is 2.39. The molecule has 1 N–H and O–H groups in total. The van der Waals surface area contributed by atoms with Crippen molar-refractivity contribution in [3.63, 3.8) is 0 Å². The lowest BCUT2D eigenvalue weighted by atomic mass is 9.86. The largest absolute Gasteiger partial charge is 0.439 e. The van der Waals surface area contributed by atoms with Gasteiger partial charge in [-0.2, -0.15) is 0 Å². The van der Waals surface area contributed by atoms with Gasteiger partial charge in [-0.3, -0.25) is 0 Å². The Bertz CT molecular complexity index is 600. The maximum atomic E-state index is 9.17. The molecule has 0 saturated heterocycles. The molecule has 0 amide bonds. The average Bonchev–Trinajstić information content (AvgIpc) is 2.37. The molecule has 1 heterocycles. The third kappa shape index (κ3) is 3.36. The van der Waals surface area contributed by atoms with E-state index in [0.29, 0.717) is 5.88 Å². The van der Waals surface area contributed by atoms with Crippen LogP contribution in [0, 0.1) is 6.92 Å². The summed E-state index contributed by atoms with van der Waals surface area (Å²) >= 11 is 0. The highest BCUT2D eigenvalue weighted by molar-refractivity contribution is 5.43. The van der Waals surface area contributed by atoms with Gasteiger partial charge in [0.1, 0.15) is 5.75 Å². The van der Waals surface area contributed by atoms with Crippen LogP contribution in [0.2, 0.25) is 0 Å². The molecule has 1 aromatic heterocycles. The van der Waals surface area contributed by atoms with Crippen LogP contribution >= 0.6 is 0 Å². The van der Waals surface area contributed by atoms with Crippen LogP contribution in [-0.2, 0) is 12.0 Å². The number of aryl methyl sites for hydroxylation is 1. The Labute approximate surface area is 120 Å². The lowest BCUT2D eigenvalue weighted by Gasteiger charge is -2.22. The molecule has 106 valence electrons. The van der Waals surface area contributed by atoms with Crippen LogP contribution in [0.15, 0.2) is 36.5 Å². The number of aliphatic hydroxyl groups excluding tert-OH is 1. The Morgan fingerprint density at radius 2 is 1.90 bits per heavy atom. The van der Waals surface area contributed by atoms with Crippen LogP contribution in [0.1, 0.15) is 37.5 Å². The minimum atomic E-state index is -0.0151. The smallest absolute Gasteiger partial charge is 0.219 e. The Morgan fingerprint density at radius 3 is 2.55 bits per heavy atom. The maximum absolute atomic E-state index is 9.17. The number of rotatable bonds is 3. The summed E-state index contributed by atoms with van der Waals surface area (Å²) in [6, 6.07) is 9.74. The van der Waals surface area contributed by atoms with Crippen molar-refractivity contribution in [2.24, 2.45) is 0 Å². The number of aromatic nitrogens is 1. The lowest BCUT2D eigenvalue weighted by Crippen LogP contribution is -2.12. The van der Waals surface area contributed by atoms with Crippen LogP contribution in [0.5, 0.6) is 11.6 Å². The van der Waals surface area contributed by atoms with Crippen molar-refractivity contribution in [1.29, 1.82) is 0 Å². The molecule has 0 aliphatic rings. The molecule has 1 aromatic carbocycles. The van der Waals surface area contributed by atoms with Gasteiger partial charge in [-0.25, -0.2) is 4.98 Å². The van der Waals surface area contributed by atoms with Gasteiger partial charge in [-0.05, 0) is 35.6 Å². The highest BCUT2D eigenvalue weighted by Gasteiger charge is 2.19. The average molecular weight is 271 g/mol. The Kier molecular flexibility index (Phi) is 4.09. The second-order valence-electron chi connectivity index (χ2n) is 6.01. The van der Waals surface area contributed by atoms with Crippen LogP contribution in [0.3, 0.4) is 0 Å². The van der Waals surface area contributed by atoms with Crippen LogP contribution in [-0.4, -0.2) is 10.1 Å². The highest BCUT2D eigenvalue weighted by atomic mass is 16.5. The zero-order valence-corrected chi connectivity index (χ0v) is 12.5. The summed E-state index contributed by atoms with van der Waals surface area (Å²) < 4.78 is 5.94. The number of nitrogens with zero attached hydrogens (tertiary/aromatic N) is 1. The van der Waals surface area contributed by atoms with Crippen molar-refractivity contribution in [3.05, 3.63) is 53.2 Å². The molecule has 2 rings (SSSR count). The van der Waals surface area contributed by atoms with Crippen molar-refractivity contribution < 1.29 is 9.84 Å². The molecular formula is C17H21NO2. The number of hydrogen-bond donors (Lipinski definition) is 1. The van der Waals surface area contributed by atoms with Crippen LogP contribution < -0.4 is 4.74 Å². The van der Waals surface area contributed by atoms with Gasteiger partial charge in [0.15, 0.2) is 0 Å². The summed E-state index contributed by atoms with van der Waals surface area (Å²) in [7, 11) is 0. The summed E-state index contributed by atoms with van der Waals surface area (Å²) in [5, 5.41) is 9.17. The van der Waals surface area contributed by atoms with E-state index in [0.717, 1.165) is 22.4 Å². The molecule has 0 fully saturated rings. The maximum Gasteiger partial charge on any atom is 0.219 e. The van der Waals surface area contributed by atoms with E-state index in [2.05, 4.69) is 37.9 Å². The van der Waals surface area contributed by atoms with Crippen LogP contribution in [0.25, 0.3) is 0 Å². The molecule has 0 saturated carbocycles. The molecule has 0 aliphatic heterocycles. The predicted octanol–water partition coefficient (Wildman–Crippen LogP) is 3.97. The molecule has 3 heteroatoms. The molecule has 3 nitrogen and oxygen atoms in total. The number of benzene rings is 1. The minimum absolute atomic E-state index is 0.00236. The second kappa shape index (κ2) is 5.63. The lowest BCUT2D eigenvalue weighted by molar-refractivity contribution is 0.281. The first kappa shape index (κ1) is 14.5. The Morgan fingerprint density at radius 1 is 1.15 bits per heavy atom. The number of pyridine rings is 1. The Hall–Kier alpha value is -1.87. The summed E-state index contributed by atoms with van der Waals surface area (Å²) in [5.74, 6) is 1.33. The third-order valence-electron chi connectivity index (χ3n) is 3.14. The van der Waals surface area contributed by atoms with E-state index in [9.17, 15) is 5.11 Å². The van der Waals surface area contributed by atoms with Crippen LogP contribution in [0.4, 0.5) is 0 Å². The molecule has 0 radical (unpaired) electrons. The first-order chi connectivity index (χ1) is 9.40. The van der Waals surface area contributed by atoms with Gasteiger partial charge in [0.2, 0.25) is 5.88 Å². The van der Waals surface area contributed by atoms with Crippen molar-refractivity contribution in [2.75, 3.05) is 0 Å².